The van der Waals surface area contributed by atoms with Crippen LogP contribution in [0.3, 0.4) is 0 Å². The van der Waals surface area contributed by atoms with E-state index < -0.39 is 0 Å². The average Bonchev–Trinajstić information content (AvgIpc) is 2.73. The van der Waals surface area contributed by atoms with Crippen molar-refractivity contribution in [1.82, 2.24) is 5.32 Å². The van der Waals surface area contributed by atoms with Crippen LogP contribution < -0.4 is 15.5 Å². The molecular formula is C23H23N3O2. The molecule has 0 saturated heterocycles. The van der Waals surface area contributed by atoms with Crippen molar-refractivity contribution in [3.05, 3.63) is 95.6 Å². The molecule has 5 heteroatoms. The molecule has 0 aliphatic carbocycles. The minimum atomic E-state index is -0.250. The van der Waals surface area contributed by atoms with Crippen molar-refractivity contribution in [2.45, 2.75) is 6.54 Å². The van der Waals surface area contributed by atoms with Crippen LogP contribution in [0.4, 0.5) is 11.4 Å². The molecule has 0 saturated carbocycles. The van der Waals surface area contributed by atoms with Crippen molar-refractivity contribution < 1.29 is 9.59 Å². The van der Waals surface area contributed by atoms with Crippen molar-refractivity contribution in [3.63, 3.8) is 0 Å². The normalized spacial score (nSPS) is 10.2. The van der Waals surface area contributed by atoms with Gasteiger partial charge in [0.25, 0.3) is 11.8 Å². The SMILES string of the molecule is CN(C)c1ccc(CNC(=O)c2ccccc2NC(=O)c2ccccc2)cc1. The van der Waals surface area contributed by atoms with Crippen molar-refractivity contribution in [2.24, 2.45) is 0 Å². The van der Waals surface area contributed by atoms with Gasteiger partial charge in [0, 0.05) is 31.9 Å². The molecule has 0 bridgehead atoms. The lowest BCUT2D eigenvalue weighted by Gasteiger charge is -2.14. The highest BCUT2D eigenvalue weighted by atomic mass is 16.2. The number of amides is 2. The molecule has 0 aliphatic heterocycles. The second-order valence-electron chi connectivity index (χ2n) is 6.61. The summed E-state index contributed by atoms with van der Waals surface area (Å²) in [5, 5.41) is 5.73. The van der Waals surface area contributed by atoms with Gasteiger partial charge in [-0.1, -0.05) is 42.5 Å². The molecule has 0 aromatic heterocycles. The summed E-state index contributed by atoms with van der Waals surface area (Å²) in [6, 6.07) is 23.9. The first-order valence-electron chi connectivity index (χ1n) is 9.04. The Morgan fingerprint density at radius 1 is 0.786 bits per heavy atom. The Morgan fingerprint density at radius 2 is 1.43 bits per heavy atom. The third kappa shape index (κ3) is 4.76. The Hall–Kier alpha value is -3.60. The standard InChI is InChI=1S/C23H23N3O2/c1-26(2)19-14-12-17(13-15-19)16-24-23(28)20-10-6-7-11-21(20)25-22(27)18-8-4-3-5-9-18/h3-15H,16H2,1-2H3,(H,24,28)(H,25,27). The molecule has 0 heterocycles. The number of carbonyl (C=O) groups is 2. The summed E-state index contributed by atoms with van der Waals surface area (Å²) < 4.78 is 0. The van der Waals surface area contributed by atoms with Gasteiger partial charge in [0.05, 0.1) is 11.3 Å². The van der Waals surface area contributed by atoms with Crippen molar-refractivity contribution in [3.8, 4) is 0 Å². The van der Waals surface area contributed by atoms with Crippen LogP contribution in [0.5, 0.6) is 0 Å². The quantitative estimate of drug-likeness (QED) is 0.688. The summed E-state index contributed by atoms with van der Waals surface area (Å²) in [7, 11) is 3.97. The predicted octanol–water partition coefficient (Wildman–Crippen LogP) is 3.93. The molecule has 2 amide bonds. The fourth-order valence-electron chi connectivity index (χ4n) is 2.76. The lowest BCUT2D eigenvalue weighted by atomic mass is 10.1. The summed E-state index contributed by atoms with van der Waals surface area (Å²) in [5.41, 5.74) is 3.56. The highest BCUT2D eigenvalue weighted by Gasteiger charge is 2.13. The zero-order valence-electron chi connectivity index (χ0n) is 16.0. The molecule has 3 rings (SSSR count). The fourth-order valence-corrected chi connectivity index (χ4v) is 2.76. The number of hydrogen-bond acceptors (Lipinski definition) is 3. The van der Waals surface area contributed by atoms with Crippen LogP contribution in [0.15, 0.2) is 78.9 Å². The zero-order valence-corrected chi connectivity index (χ0v) is 16.0. The molecule has 0 atom stereocenters. The minimum Gasteiger partial charge on any atom is -0.378 e. The summed E-state index contributed by atoms with van der Waals surface area (Å²) in [6.45, 7) is 0.410. The highest BCUT2D eigenvalue weighted by molar-refractivity contribution is 6.08. The number of carbonyl (C=O) groups excluding carboxylic acids is 2. The van der Waals surface area contributed by atoms with E-state index in [-0.39, 0.29) is 11.8 Å². The highest BCUT2D eigenvalue weighted by Crippen LogP contribution is 2.17. The van der Waals surface area contributed by atoms with Crippen molar-refractivity contribution in [2.75, 3.05) is 24.3 Å². The third-order valence-electron chi connectivity index (χ3n) is 4.36. The van der Waals surface area contributed by atoms with Crippen molar-refractivity contribution in [1.29, 1.82) is 0 Å². The number of para-hydroxylation sites is 1. The summed E-state index contributed by atoms with van der Waals surface area (Å²) in [4.78, 5) is 27.1. The first kappa shape index (κ1) is 19.2. The third-order valence-corrected chi connectivity index (χ3v) is 4.36. The molecule has 3 aromatic rings. The van der Waals surface area contributed by atoms with Gasteiger partial charge in [-0.3, -0.25) is 9.59 Å². The molecule has 0 fully saturated rings. The first-order chi connectivity index (χ1) is 13.5. The molecule has 142 valence electrons. The van der Waals surface area contributed by atoms with Gasteiger partial charge >= 0.3 is 0 Å². The largest absolute Gasteiger partial charge is 0.378 e. The maximum absolute atomic E-state index is 12.7. The van der Waals surface area contributed by atoms with Gasteiger partial charge in [-0.05, 0) is 42.0 Å². The number of benzene rings is 3. The topological polar surface area (TPSA) is 61.4 Å². The van der Waals surface area contributed by atoms with E-state index >= 15 is 0 Å². The molecule has 0 spiro atoms. The number of nitrogens with zero attached hydrogens (tertiary/aromatic N) is 1. The van der Waals surface area contributed by atoms with E-state index in [1.807, 2.05) is 49.3 Å². The Kier molecular flexibility index (Phi) is 6.07. The lowest BCUT2D eigenvalue weighted by Crippen LogP contribution is -2.25. The monoisotopic (exact) mass is 373 g/mol. The van der Waals surface area contributed by atoms with E-state index in [1.165, 1.54) is 0 Å². The number of anilines is 2. The van der Waals surface area contributed by atoms with Crippen LogP contribution in [0.25, 0.3) is 0 Å². The van der Waals surface area contributed by atoms with Gasteiger partial charge in [0.1, 0.15) is 0 Å². The second-order valence-corrected chi connectivity index (χ2v) is 6.61. The van der Waals surface area contributed by atoms with E-state index in [0.717, 1.165) is 11.3 Å². The van der Waals surface area contributed by atoms with Gasteiger partial charge in [-0.15, -0.1) is 0 Å². The van der Waals surface area contributed by atoms with Gasteiger partial charge in [0.2, 0.25) is 0 Å². The van der Waals surface area contributed by atoms with Gasteiger partial charge in [0.15, 0.2) is 0 Å². The van der Waals surface area contributed by atoms with Crippen molar-refractivity contribution >= 4 is 23.2 Å². The Labute approximate surface area is 165 Å². The number of nitrogens with one attached hydrogen (secondary N) is 2. The smallest absolute Gasteiger partial charge is 0.255 e. The van der Waals surface area contributed by atoms with E-state index in [4.69, 9.17) is 0 Å². The lowest BCUT2D eigenvalue weighted by molar-refractivity contribution is 0.0952. The molecular weight excluding hydrogens is 350 g/mol. The molecule has 0 radical (unpaired) electrons. The van der Waals surface area contributed by atoms with E-state index in [2.05, 4.69) is 10.6 Å². The van der Waals surface area contributed by atoms with Crippen LogP contribution in [0.2, 0.25) is 0 Å². The Morgan fingerprint density at radius 3 is 2.11 bits per heavy atom. The predicted molar refractivity (Wildman–Crippen MR) is 113 cm³/mol. The van der Waals surface area contributed by atoms with Crippen LogP contribution in [-0.2, 0) is 6.54 Å². The molecule has 0 aliphatic rings. The second kappa shape index (κ2) is 8.86. The summed E-state index contributed by atoms with van der Waals surface area (Å²) in [6.07, 6.45) is 0. The van der Waals surface area contributed by atoms with Gasteiger partial charge in [-0.25, -0.2) is 0 Å². The maximum atomic E-state index is 12.7. The van der Waals surface area contributed by atoms with Gasteiger partial charge in [-0.2, -0.15) is 0 Å². The Bertz CT molecular complexity index is 951. The molecule has 5 nitrogen and oxygen atoms in total. The molecule has 28 heavy (non-hydrogen) atoms. The van der Waals surface area contributed by atoms with Gasteiger partial charge < -0.3 is 15.5 Å². The molecule has 0 unspecified atom stereocenters. The Balaban J connectivity index is 1.68. The van der Waals surface area contributed by atoms with E-state index in [1.54, 1.807) is 48.5 Å². The molecule has 3 aromatic carbocycles. The molecule has 2 N–H and O–H groups in total. The van der Waals surface area contributed by atoms with Crippen LogP contribution in [-0.4, -0.2) is 25.9 Å². The number of hydrogen-bond donors (Lipinski definition) is 2. The number of rotatable bonds is 6. The van der Waals surface area contributed by atoms with Crippen LogP contribution >= 0.6 is 0 Å². The first-order valence-corrected chi connectivity index (χ1v) is 9.04. The fraction of sp³-hybridized carbons (Fsp3) is 0.130. The summed E-state index contributed by atoms with van der Waals surface area (Å²) in [5.74, 6) is -0.485. The van der Waals surface area contributed by atoms with E-state index in [9.17, 15) is 9.59 Å². The van der Waals surface area contributed by atoms with E-state index in [0.29, 0.717) is 23.4 Å². The van der Waals surface area contributed by atoms with Crippen LogP contribution in [0, 0.1) is 0 Å². The van der Waals surface area contributed by atoms with Crippen LogP contribution in [0.1, 0.15) is 26.3 Å². The minimum absolute atomic E-state index is 0.236. The average molecular weight is 373 g/mol. The zero-order chi connectivity index (χ0) is 19.9. The maximum Gasteiger partial charge on any atom is 0.255 e. The summed E-state index contributed by atoms with van der Waals surface area (Å²) >= 11 is 0.